The van der Waals surface area contributed by atoms with Crippen LogP contribution in [-0.2, 0) is 39.3 Å². The second-order valence-electron chi connectivity index (χ2n) is 4.65. The van der Waals surface area contributed by atoms with Crippen molar-refractivity contribution in [1.29, 1.82) is 0 Å². The SMILES string of the molecule is CC#CCOc1ccc(-c2[c-]cc(I)c(=O)n2CC(F)F)c(F)c1.[Y]. The van der Waals surface area contributed by atoms with E-state index in [1.165, 1.54) is 18.2 Å². The van der Waals surface area contributed by atoms with Crippen molar-refractivity contribution in [3.8, 4) is 28.8 Å². The van der Waals surface area contributed by atoms with Crippen molar-refractivity contribution in [3.05, 3.63) is 50.1 Å². The van der Waals surface area contributed by atoms with E-state index in [0.717, 1.165) is 10.6 Å². The average molecular weight is 535 g/mol. The quantitative estimate of drug-likeness (QED) is 0.333. The first-order valence-electron chi connectivity index (χ1n) is 6.85. The van der Waals surface area contributed by atoms with Crippen LogP contribution in [-0.4, -0.2) is 17.6 Å². The first kappa shape index (κ1) is 22.2. The number of benzene rings is 1. The smallest absolute Gasteiger partial charge is 0.256 e. The molecule has 2 aromatic rings. The second kappa shape index (κ2) is 10.3. The van der Waals surface area contributed by atoms with Gasteiger partial charge in [0.15, 0.2) is 0 Å². The Morgan fingerprint density at radius 2 is 2.12 bits per heavy atom. The molecular weight excluding hydrogens is 523 g/mol. The fourth-order valence-electron chi connectivity index (χ4n) is 2.01. The largest absolute Gasteiger partial charge is 0.481 e. The molecule has 3 nitrogen and oxygen atoms in total. The molecule has 25 heavy (non-hydrogen) atoms. The Bertz CT molecular complexity index is 859. The summed E-state index contributed by atoms with van der Waals surface area (Å²) in [6, 6.07) is 8.02. The van der Waals surface area contributed by atoms with Crippen LogP contribution >= 0.6 is 22.6 Å². The first-order valence-corrected chi connectivity index (χ1v) is 7.93. The van der Waals surface area contributed by atoms with Crippen molar-refractivity contribution in [2.75, 3.05) is 6.61 Å². The van der Waals surface area contributed by atoms with Crippen LogP contribution < -0.4 is 10.3 Å². The van der Waals surface area contributed by atoms with Gasteiger partial charge in [0.25, 0.3) is 6.43 Å². The van der Waals surface area contributed by atoms with Crippen molar-refractivity contribution >= 4 is 22.6 Å². The van der Waals surface area contributed by atoms with Crippen molar-refractivity contribution < 1.29 is 50.6 Å². The zero-order valence-corrected chi connectivity index (χ0v) is 18.1. The van der Waals surface area contributed by atoms with E-state index in [9.17, 15) is 18.0 Å². The summed E-state index contributed by atoms with van der Waals surface area (Å²) in [5, 5.41) is 0. The fourth-order valence-corrected chi connectivity index (χ4v) is 2.45. The van der Waals surface area contributed by atoms with Crippen molar-refractivity contribution in [1.82, 2.24) is 4.57 Å². The first-order chi connectivity index (χ1) is 11.4. The van der Waals surface area contributed by atoms with E-state index >= 15 is 0 Å². The monoisotopic (exact) mass is 535 g/mol. The van der Waals surface area contributed by atoms with Crippen LogP contribution in [0.2, 0.25) is 0 Å². The summed E-state index contributed by atoms with van der Waals surface area (Å²) in [7, 11) is 0. The van der Waals surface area contributed by atoms with Crippen molar-refractivity contribution in [3.63, 3.8) is 0 Å². The van der Waals surface area contributed by atoms with Crippen LogP contribution in [0.5, 0.6) is 5.75 Å². The van der Waals surface area contributed by atoms with E-state index < -0.39 is 24.3 Å². The predicted molar refractivity (Wildman–Crippen MR) is 92.6 cm³/mol. The Kier molecular flexibility index (Phi) is 9.18. The molecule has 0 spiro atoms. The van der Waals surface area contributed by atoms with E-state index in [1.54, 1.807) is 29.5 Å². The van der Waals surface area contributed by atoms with E-state index in [0.29, 0.717) is 0 Å². The van der Waals surface area contributed by atoms with Gasteiger partial charge in [0.2, 0.25) is 5.56 Å². The Balaban J connectivity index is 0.00000312. The van der Waals surface area contributed by atoms with Gasteiger partial charge in [-0.2, -0.15) is 12.1 Å². The molecule has 0 atom stereocenters. The molecule has 1 aromatic heterocycles. The molecule has 0 aliphatic carbocycles. The Labute approximate surface area is 182 Å². The Morgan fingerprint density at radius 3 is 2.72 bits per heavy atom. The third-order valence-corrected chi connectivity index (χ3v) is 3.83. The van der Waals surface area contributed by atoms with Gasteiger partial charge < -0.3 is 9.30 Å². The number of rotatable bonds is 5. The predicted octanol–water partition coefficient (Wildman–Crippen LogP) is 3.72. The number of halogens is 4. The second-order valence-corrected chi connectivity index (χ2v) is 5.81. The molecule has 0 fully saturated rings. The summed E-state index contributed by atoms with van der Waals surface area (Å²) in [6.07, 6.45) is -2.74. The molecule has 0 aliphatic rings. The number of alkyl halides is 2. The third kappa shape index (κ3) is 5.83. The van der Waals surface area contributed by atoms with E-state index in [4.69, 9.17) is 4.74 Å². The van der Waals surface area contributed by atoms with Crippen LogP contribution in [0.25, 0.3) is 11.3 Å². The molecule has 0 amide bonds. The summed E-state index contributed by atoms with van der Waals surface area (Å²) in [4.78, 5) is 12.1. The van der Waals surface area contributed by atoms with Crippen LogP contribution in [0.3, 0.4) is 0 Å². The maximum Gasteiger partial charge on any atom is 0.256 e. The fraction of sp³-hybridized carbons (Fsp3) is 0.235. The topological polar surface area (TPSA) is 31.2 Å². The number of ether oxygens (including phenoxy) is 1. The minimum atomic E-state index is -2.74. The molecule has 0 N–H and O–H groups in total. The van der Waals surface area contributed by atoms with E-state index in [-0.39, 0.29) is 59.9 Å². The number of hydrogen-bond donors (Lipinski definition) is 0. The van der Waals surface area contributed by atoms with Gasteiger partial charge in [-0.1, -0.05) is 17.2 Å². The van der Waals surface area contributed by atoms with E-state index in [1.807, 2.05) is 0 Å². The molecular formula is C17H12F3INO2Y-. The summed E-state index contributed by atoms with van der Waals surface area (Å²) in [5.74, 6) is 4.88. The van der Waals surface area contributed by atoms with Gasteiger partial charge in [0, 0.05) is 38.8 Å². The summed E-state index contributed by atoms with van der Waals surface area (Å²) >= 11 is 1.73. The number of nitrogens with zero attached hydrogens (tertiary/aromatic N) is 1. The van der Waals surface area contributed by atoms with Gasteiger partial charge in [-0.15, -0.1) is 34.6 Å². The zero-order chi connectivity index (χ0) is 17.7. The van der Waals surface area contributed by atoms with Crippen LogP contribution in [0.15, 0.2) is 29.1 Å². The van der Waals surface area contributed by atoms with Gasteiger partial charge in [0.1, 0.15) is 12.4 Å². The molecule has 0 aliphatic heterocycles. The van der Waals surface area contributed by atoms with Gasteiger partial charge in [-0.05, 0) is 16.6 Å². The Morgan fingerprint density at radius 1 is 1.40 bits per heavy atom. The molecule has 1 heterocycles. The standard InChI is InChI=1S/C17H12F3INO2.Y/c1-2-3-8-24-11-4-5-12(13(18)9-11)15-7-6-14(21)17(23)22(15)10-16(19)20;/h4-6,9,16H,8,10H2,1H3;/q-1;. The van der Waals surface area contributed by atoms with Gasteiger partial charge in [0.05, 0.1) is 12.4 Å². The van der Waals surface area contributed by atoms with Gasteiger partial charge in [-0.25, -0.2) is 13.2 Å². The summed E-state index contributed by atoms with van der Waals surface area (Å²) in [5.41, 5.74) is -0.640. The minimum Gasteiger partial charge on any atom is -0.481 e. The van der Waals surface area contributed by atoms with Crippen molar-refractivity contribution in [2.45, 2.75) is 19.9 Å². The molecule has 0 saturated heterocycles. The molecule has 129 valence electrons. The molecule has 1 aromatic carbocycles. The molecule has 0 unspecified atom stereocenters. The number of pyridine rings is 1. The molecule has 1 radical (unpaired) electrons. The number of aromatic nitrogens is 1. The van der Waals surface area contributed by atoms with Gasteiger partial charge >= 0.3 is 0 Å². The normalized spacial score (nSPS) is 10.0. The van der Waals surface area contributed by atoms with Crippen molar-refractivity contribution in [2.24, 2.45) is 0 Å². The minimum absolute atomic E-state index is 0. The maximum atomic E-state index is 14.4. The zero-order valence-electron chi connectivity index (χ0n) is 13.2. The molecule has 0 bridgehead atoms. The molecule has 2 rings (SSSR count). The summed E-state index contributed by atoms with van der Waals surface area (Å²) < 4.78 is 46.2. The average Bonchev–Trinajstić information content (AvgIpc) is 2.53. The maximum absolute atomic E-state index is 14.4. The van der Waals surface area contributed by atoms with Gasteiger partial charge in [-0.3, -0.25) is 4.79 Å². The molecule has 8 heteroatoms. The van der Waals surface area contributed by atoms with Crippen LogP contribution in [0, 0.1) is 27.3 Å². The number of hydrogen-bond acceptors (Lipinski definition) is 2. The van der Waals surface area contributed by atoms with E-state index in [2.05, 4.69) is 17.9 Å². The van der Waals surface area contributed by atoms with Crippen LogP contribution in [0.4, 0.5) is 13.2 Å². The Hall–Kier alpha value is -0.846. The molecule has 0 saturated carbocycles. The summed E-state index contributed by atoms with van der Waals surface area (Å²) in [6.45, 7) is 0.939. The third-order valence-electron chi connectivity index (χ3n) is 3.06. The van der Waals surface area contributed by atoms with Crippen LogP contribution in [0.1, 0.15) is 6.92 Å².